The van der Waals surface area contributed by atoms with Crippen molar-refractivity contribution in [3.8, 4) is 0 Å². The van der Waals surface area contributed by atoms with Crippen LogP contribution in [0.25, 0.3) is 0 Å². The Kier molecular flexibility index (Phi) is 4.54. The maximum Gasteiger partial charge on any atom is 0.313 e. The Hall–Kier alpha value is -2.78. The van der Waals surface area contributed by atoms with Gasteiger partial charge in [0.05, 0.1) is 0 Å². The summed E-state index contributed by atoms with van der Waals surface area (Å²) in [6.07, 6.45) is 0. The molecule has 0 aliphatic heterocycles. The van der Waals surface area contributed by atoms with Gasteiger partial charge in [-0.25, -0.2) is 4.79 Å². The molecular formula is C20H17ClN2O. The van der Waals surface area contributed by atoms with Crippen LogP contribution in [0, 0.1) is 0 Å². The zero-order valence-corrected chi connectivity index (χ0v) is 13.7. The highest BCUT2D eigenvalue weighted by atomic mass is 35.5. The van der Waals surface area contributed by atoms with Crippen LogP contribution in [0.2, 0.25) is 5.02 Å². The molecule has 0 spiro atoms. The van der Waals surface area contributed by atoms with E-state index in [1.54, 1.807) is 12.1 Å². The molecule has 3 rings (SSSR count). The SMILES string of the molecule is NC(=O)NC(c1ccccc1)(c1ccccc1)c1ccc(Cl)cc1. The number of urea groups is 1. The Bertz CT molecular complexity index is 778. The first-order valence-corrected chi connectivity index (χ1v) is 7.95. The third-order valence-corrected chi connectivity index (χ3v) is 4.25. The first-order valence-electron chi connectivity index (χ1n) is 7.57. The average molecular weight is 337 g/mol. The average Bonchev–Trinajstić information content (AvgIpc) is 2.62. The highest BCUT2D eigenvalue weighted by Gasteiger charge is 2.37. The molecule has 24 heavy (non-hydrogen) atoms. The standard InChI is InChI=1S/C20H17ClN2O/c21-18-13-11-17(12-14-18)20(23-19(22)24,15-7-3-1-4-8-15)16-9-5-2-6-10-16/h1-14H,(H3,22,23,24). The molecule has 2 amide bonds. The third-order valence-electron chi connectivity index (χ3n) is 4.00. The molecule has 0 heterocycles. The molecule has 0 fully saturated rings. The van der Waals surface area contributed by atoms with Crippen LogP contribution in [0.5, 0.6) is 0 Å². The molecular weight excluding hydrogens is 320 g/mol. The van der Waals surface area contributed by atoms with Crippen molar-refractivity contribution in [1.29, 1.82) is 0 Å². The van der Waals surface area contributed by atoms with Gasteiger partial charge < -0.3 is 11.1 Å². The van der Waals surface area contributed by atoms with E-state index in [4.69, 9.17) is 17.3 Å². The van der Waals surface area contributed by atoms with Crippen LogP contribution in [0.15, 0.2) is 84.9 Å². The molecule has 120 valence electrons. The van der Waals surface area contributed by atoms with Gasteiger partial charge in [0.2, 0.25) is 0 Å². The fourth-order valence-corrected chi connectivity index (χ4v) is 3.10. The van der Waals surface area contributed by atoms with Gasteiger partial charge >= 0.3 is 6.03 Å². The quantitative estimate of drug-likeness (QED) is 0.686. The van der Waals surface area contributed by atoms with Gasteiger partial charge in [0, 0.05) is 5.02 Å². The van der Waals surface area contributed by atoms with Crippen LogP contribution in [-0.4, -0.2) is 6.03 Å². The Morgan fingerprint density at radius 2 is 1.17 bits per heavy atom. The van der Waals surface area contributed by atoms with Crippen molar-refractivity contribution in [1.82, 2.24) is 5.32 Å². The van der Waals surface area contributed by atoms with E-state index in [0.717, 1.165) is 16.7 Å². The van der Waals surface area contributed by atoms with Gasteiger partial charge in [-0.1, -0.05) is 84.4 Å². The number of halogens is 1. The predicted octanol–water partition coefficient (Wildman–Crippen LogP) is 4.30. The highest BCUT2D eigenvalue weighted by molar-refractivity contribution is 6.30. The molecule has 3 nitrogen and oxygen atoms in total. The normalized spacial score (nSPS) is 11.0. The van der Waals surface area contributed by atoms with E-state index in [1.165, 1.54) is 0 Å². The lowest BCUT2D eigenvalue weighted by Gasteiger charge is -2.36. The topological polar surface area (TPSA) is 55.1 Å². The molecule has 0 unspecified atom stereocenters. The number of benzene rings is 3. The monoisotopic (exact) mass is 336 g/mol. The van der Waals surface area contributed by atoms with Crippen LogP contribution >= 0.6 is 11.6 Å². The summed E-state index contributed by atoms with van der Waals surface area (Å²) in [7, 11) is 0. The van der Waals surface area contributed by atoms with E-state index in [2.05, 4.69) is 5.32 Å². The van der Waals surface area contributed by atoms with Crippen molar-refractivity contribution in [3.05, 3.63) is 107 Å². The molecule has 0 bridgehead atoms. The number of nitrogens with one attached hydrogen (secondary N) is 1. The van der Waals surface area contributed by atoms with E-state index in [-0.39, 0.29) is 0 Å². The van der Waals surface area contributed by atoms with Gasteiger partial charge in [-0.3, -0.25) is 0 Å². The minimum absolute atomic E-state index is 0.599. The van der Waals surface area contributed by atoms with E-state index < -0.39 is 11.6 Å². The number of nitrogens with two attached hydrogens (primary N) is 1. The first-order chi connectivity index (χ1) is 11.6. The van der Waals surface area contributed by atoms with Crippen LogP contribution in [-0.2, 0) is 5.54 Å². The van der Waals surface area contributed by atoms with Crippen LogP contribution in [0.3, 0.4) is 0 Å². The lowest BCUT2D eigenvalue weighted by atomic mass is 9.77. The van der Waals surface area contributed by atoms with Gasteiger partial charge in [-0.15, -0.1) is 0 Å². The number of hydrogen-bond acceptors (Lipinski definition) is 1. The van der Waals surface area contributed by atoms with Crippen LogP contribution in [0.4, 0.5) is 4.79 Å². The van der Waals surface area contributed by atoms with Crippen molar-refractivity contribution >= 4 is 17.6 Å². The molecule has 3 aromatic rings. The van der Waals surface area contributed by atoms with E-state index in [9.17, 15) is 4.79 Å². The molecule has 0 aromatic heterocycles. The number of rotatable bonds is 4. The molecule has 3 aromatic carbocycles. The molecule has 3 N–H and O–H groups in total. The summed E-state index contributed by atoms with van der Waals surface area (Å²) in [5.74, 6) is 0. The van der Waals surface area contributed by atoms with Crippen LogP contribution < -0.4 is 11.1 Å². The van der Waals surface area contributed by atoms with Crippen LogP contribution in [0.1, 0.15) is 16.7 Å². The van der Waals surface area contributed by atoms with Gasteiger partial charge in [0.15, 0.2) is 0 Å². The Balaban J connectivity index is 2.32. The number of carbonyl (C=O) groups excluding carboxylic acids is 1. The van der Waals surface area contributed by atoms with E-state index in [0.29, 0.717) is 5.02 Å². The molecule has 0 atom stereocenters. The Morgan fingerprint density at radius 3 is 1.58 bits per heavy atom. The first kappa shape index (κ1) is 16.1. The lowest BCUT2D eigenvalue weighted by molar-refractivity contribution is 0.242. The van der Waals surface area contributed by atoms with Gasteiger partial charge in [-0.2, -0.15) is 0 Å². The minimum atomic E-state index is -0.890. The molecule has 0 aliphatic carbocycles. The maximum absolute atomic E-state index is 11.9. The number of hydrogen-bond donors (Lipinski definition) is 2. The molecule has 0 aliphatic rings. The van der Waals surface area contributed by atoms with Gasteiger partial charge in [0.1, 0.15) is 5.54 Å². The van der Waals surface area contributed by atoms with E-state index in [1.807, 2.05) is 72.8 Å². The summed E-state index contributed by atoms with van der Waals surface area (Å²) in [5.41, 5.74) is 7.36. The zero-order valence-electron chi connectivity index (χ0n) is 12.9. The second-order valence-electron chi connectivity index (χ2n) is 5.48. The van der Waals surface area contributed by atoms with Gasteiger partial charge in [-0.05, 0) is 28.8 Å². The van der Waals surface area contributed by atoms with Crippen molar-refractivity contribution < 1.29 is 4.79 Å². The number of amides is 2. The second kappa shape index (κ2) is 6.77. The smallest absolute Gasteiger partial charge is 0.313 e. The maximum atomic E-state index is 11.9. The summed E-state index contributed by atoms with van der Waals surface area (Å²) < 4.78 is 0. The number of primary amides is 1. The number of carbonyl (C=O) groups is 1. The fraction of sp³-hybridized carbons (Fsp3) is 0.0500. The molecule has 0 saturated carbocycles. The summed E-state index contributed by atoms with van der Waals surface area (Å²) in [6.45, 7) is 0. The lowest BCUT2D eigenvalue weighted by Crippen LogP contribution is -2.49. The van der Waals surface area contributed by atoms with E-state index >= 15 is 0 Å². The Morgan fingerprint density at radius 1 is 0.750 bits per heavy atom. The minimum Gasteiger partial charge on any atom is -0.352 e. The predicted molar refractivity (Wildman–Crippen MR) is 96.9 cm³/mol. The Labute approximate surface area is 146 Å². The molecule has 4 heteroatoms. The van der Waals surface area contributed by atoms with Gasteiger partial charge in [0.25, 0.3) is 0 Å². The third kappa shape index (κ3) is 2.99. The molecule has 0 saturated heterocycles. The van der Waals surface area contributed by atoms with Crippen molar-refractivity contribution in [2.45, 2.75) is 5.54 Å². The summed E-state index contributed by atoms with van der Waals surface area (Å²) in [6, 6.07) is 26.3. The largest absolute Gasteiger partial charge is 0.352 e. The fourth-order valence-electron chi connectivity index (χ4n) is 2.98. The second-order valence-corrected chi connectivity index (χ2v) is 5.91. The summed E-state index contributed by atoms with van der Waals surface area (Å²) in [4.78, 5) is 11.9. The summed E-state index contributed by atoms with van der Waals surface area (Å²) >= 11 is 6.05. The van der Waals surface area contributed by atoms with Crippen molar-refractivity contribution in [3.63, 3.8) is 0 Å². The van der Waals surface area contributed by atoms with Crippen molar-refractivity contribution in [2.75, 3.05) is 0 Å². The zero-order chi connectivity index (χ0) is 17.0. The molecule has 0 radical (unpaired) electrons. The van der Waals surface area contributed by atoms with Crippen molar-refractivity contribution in [2.24, 2.45) is 5.73 Å². The summed E-state index contributed by atoms with van der Waals surface area (Å²) in [5, 5.41) is 3.59. The highest BCUT2D eigenvalue weighted by Crippen LogP contribution is 2.37.